The van der Waals surface area contributed by atoms with Crippen molar-refractivity contribution in [3.63, 3.8) is 0 Å². The molecule has 7 nitrogen and oxygen atoms in total. The van der Waals surface area contributed by atoms with Crippen molar-refractivity contribution < 1.29 is 9.66 Å². The Kier molecular flexibility index (Phi) is 2.50. The Bertz CT molecular complexity index is 509. The standard InChI is InChI=1S/C9H8N4O3/c1-16-7-2-3-8(13(14)15)9(4-7)12-6-10-5-11-12/h2-6H,1H3. The Morgan fingerprint density at radius 2 is 2.31 bits per heavy atom. The maximum Gasteiger partial charge on any atom is 0.295 e. The highest BCUT2D eigenvalue weighted by atomic mass is 16.6. The summed E-state index contributed by atoms with van der Waals surface area (Å²) in [5.74, 6) is 0.524. The molecule has 2 rings (SSSR count). The summed E-state index contributed by atoms with van der Waals surface area (Å²) in [5, 5.41) is 14.7. The smallest absolute Gasteiger partial charge is 0.295 e. The first-order valence-electron chi connectivity index (χ1n) is 4.40. The molecule has 0 bridgehead atoms. The van der Waals surface area contributed by atoms with Gasteiger partial charge in [0.15, 0.2) is 0 Å². The minimum atomic E-state index is -0.476. The van der Waals surface area contributed by atoms with Gasteiger partial charge in [0, 0.05) is 12.1 Å². The normalized spacial score (nSPS) is 10.1. The van der Waals surface area contributed by atoms with Crippen LogP contribution in [0.3, 0.4) is 0 Å². The van der Waals surface area contributed by atoms with E-state index in [9.17, 15) is 10.1 Å². The molecule has 1 aromatic carbocycles. The highest BCUT2D eigenvalue weighted by Gasteiger charge is 2.16. The number of rotatable bonds is 3. The van der Waals surface area contributed by atoms with E-state index in [0.717, 1.165) is 0 Å². The van der Waals surface area contributed by atoms with E-state index in [1.807, 2.05) is 0 Å². The summed E-state index contributed by atoms with van der Waals surface area (Å²) in [6.07, 6.45) is 2.70. The molecule has 0 spiro atoms. The summed E-state index contributed by atoms with van der Waals surface area (Å²) in [5.41, 5.74) is 0.271. The van der Waals surface area contributed by atoms with Gasteiger partial charge in [-0.1, -0.05) is 0 Å². The van der Waals surface area contributed by atoms with Crippen LogP contribution in [0.1, 0.15) is 0 Å². The summed E-state index contributed by atoms with van der Waals surface area (Å²) >= 11 is 0. The molecule has 0 aliphatic heterocycles. The van der Waals surface area contributed by atoms with E-state index >= 15 is 0 Å². The van der Waals surface area contributed by atoms with Gasteiger partial charge in [-0.25, -0.2) is 9.67 Å². The number of methoxy groups -OCH3 is 1. The summed E-state index contributed by atoms with van der Waals surface area (Å²) in [7, 11) is 1.49. The lowest BCUT2D eigenvalue weighted by atomic mass is 10.2. The van der Waals surface area contributed by atoms with E-state index < -0.39 is 4.92 Å². The minimum absolute atomic E-state index is 0.0497. The third kappa shape index (κ3) is 1.70. The number of ether oxygens (including phenoxy) is 1. The second-order valence-corrected chi connectivity index (χ2v) is 2.95. The van der Waals surface area contributed by atoms with Crippen LogP contribution < -0.4 is 4.74 Å². The van der Waals surface area contributed by atoms with Crippen molar-refractivity contribution in [1.29, 1.82) is 0 Å². The lowest BCUT2D eigenvalue weighted by molar-refractivity contribution is -0.384. The summed E-state index contributed by atoms with van der Waals surface area (Å²) in [6, 6.07) is 4.43. The SMILES string of the molecule is COc1ccc([N+](=O)[O-])c(-n2cncn2)c1. The molecular weight excluding hydrogens is 212 g/mol. The van der Waals surface area contributed by atoms with E-state index in [1.54, 1.807) is 0 Å². The zero-order chi connectivity index (χ0) is 11.5. The molecule has 0 saturated carbocycles. The largest absolute Gasteiger partial charge is 0.497 e. The van der Waals surface area contributed by atoms with Gasteiger partial charge < -0.3 is 4.74 Å². The Hall–Kier alpha value is -2.44. The van der Waals surface area contributed by atoms with Gasteiger partial charge in [0.1, 0.15) is 24.1 Å². The number of nitro groups is 1. The molecule has 0 amide bonds. The van der Waals surface area contributed by atoms with Crippen LogP contribution in [0.15, 0.2) is 30.9 Å². The fraction of sp³-hybridized carbons (Fsp3) is 0.111. The van der Waals surface area contributed by atoms with Crippen LogP contribution in [0, 0.1) is 10.1 Å². The van der Waals surface area contributed by atoms with Crippen LogP contribution in [-0.4, -0.2) is 26.8 Å². The Morgan fingerprint density at radius 1 is 1.50 bits per heavy atom. The molecule has 16 heavy (non-hydrogen) atoms. The van der Waals surface area contributed by atoms with E-state index in [4.69, 9.17) is 4.74 Å². The van der Waals surface area contributed by atoms with Gasteiger partial charge in [0.05, 0.1) is 12.0 Å². The van der Waals surface area contributed by atoms with Crippen molar-refractivity contribution in [3.8, 4) is 11.4 Å². The topological polar surface area (TPSA) is 83.1 Å². The number of nitro benzene ring substituents is 1. The molecule has 2 aromatic rings. The van der Waals surface area contributed by atoms with E-state index in [1.165, 1.54) is 42.6 Å². The van der Waals surface area contributed by atoms with Gasteiger partial charge >= 0.3 is 0 Å². The molecule has 0 radical (unpaired) electrons. The molecule has 0 aliphatic rings. The number of benzene rings is 1. The molecule has 0 atom stereocenters. The Balaban J connectivity index is 2.59. The van der Waals surface area contributed by atoms with Gasteiger partial charge in [0.25, 0.3) is 5.69 Å². The summed E-state index contributed by atoms with van der Waals surface area (Å²) in [6.45, 7) is 0. The van der Waals surface area contributed by atoms with Crippen LogP contribution in [0.25, 0.3) is 5.69 Å². The van der Waals surface area contributed by atoms with Gasteiger partial charge in [-0.15, -0.1) is 0 Å². The molecule has 0 fully saturated rings. The second-order valence-electron chi connectivity index (χ2n) is 2.95. The number of aromatic nitrogens is 3. The summed E-state index contributed by atoms with van der Waals surface area (Å²) in [4.78, 5) is 14.1. The van der Waals surface area contributed by atoms with Crippen molar-refractivity contribution in [2.75, 3.05) is 7.11 Å². The fourth-order valence-electron chi connectivity index (χ4n) is 1.30. The minimum Gasteiger partial charge on any atom is -0.497 e. The average molecular weight is 220 g/mol. The molecule has 0 unspecified atom stereocenters. The van der Waals surface area contributed by atoms with Crippen LogP contribution in [0.2, 0.25) is 0 Å². The third-order valence-corrected chi connectivity index (χ3v) is 2.04. The first kappa shape index (κ1) is 10.1. The molecule has 82 valence electrons. The highest BCUT2D eigenvalue weighted by molar-refractivity contribution is 5.55. The molecule has 7 heteroatoms. The van der Waals surface area contributed by atoms with Crippen molar-refractivity contribution in [2.24, 2.45) is 0 Å². The third-order valence-electron chi connectivity index (χ3n) is 2.04. The molecule has 0 saturated heterocycles. The maximum atomic E-state index is 10.8. The molecule has 0 N–H and O–H groups in total. The predicted octanol–water partition coefficient (Wildman–Crippen LogP) is 1.18. The van der Waals surface area contributed by atoms with Crippen molar-refractivity contribution in [3.05, 3.63) is 41.0 Å². The predicted molar refractivity (Wildman–Crippen MR) is 54.6 cm³/mol. The molecule has 1 heterocycles. The summed E-state index contributed by atoms with van der Waals surface area (Å²) < 4.78 is 6.32. The number of hydrogen-bond acceptors (Lipinski definition) is 5. The first-order chi connectivity index (χ1) is 7.72. The Morgan fingerprint density at radius 3 is 2.88 bits per heavy atom. The van der Waals surface area contributed by atoms with Gasteiger partial charge in [-0.05, 0) is 6.07 Å². The van der Waals surface area contributed by atoms with Crippen LogP contribution in [0.4, 0.5) is 5.69 Å². The lowest BCUT2D eigenvalue weighted by Gasteiger charge is -2.04. The zero-order valence-electron chi connectivity index (χ0n) is 8.40. The average Bonchev–Trinajstić information content (AvgIpc) is 2.81. The van der Waals surface area contributed by atoms with Gasteiger partial charge in [0.2, 0.25) is 0 Å². The van der Waals surface area contributed by atoms with Gasteiger partial charge in [-0.3, -0.25) is 10.1 Å². The zero-order valence-corrected chi connectivity index (χ0v) is 8.40. The second kappa shape index (κ2) is 3.97. The van der Waals surface area contributed by atoms with Crippen molar-refractivity contribution in [2.45, 2.75) is 0 Å². The fourth-order valence-corrected chi connectivity index (χ4v) is 1.30. The first-order valence-corrected chi connectivity index (χ1v) is 4.40. The molecule has 1 aromatic heterocycles. The molecular formula is C9H8N4O3. The van der Waals surface area contributed by atoms with Gasteiger partial charge in [-0.2, -0.15) is 5.10 Å². The quantitative estimate of drug-likeness (QED) is 0.573. The monoisotopic (exact) mass is 220 g/mol. The Labute approximate surface area is 90.4 Å². The van der Waals surface area contributed by atoms with E-state index in [2.05, 4.69) is 10.1 Å². The number of nitrogens with zero attached hydrogens (tertiary/aromatic N) is 4. The lowest BCUT2D eigenvalue weighted by Crippen LogP contribution is -2.01. The van der Waals surface area contributed by atoms with Crippen molar-refractivity contribution in [1.82, 2.24) is 14.8 Å². The maximum absolute atomic E-state index is 10.8. The van der Waals surface area contributed by atoms with Crippen LogP contribution >= 0.6 is 0 Å². The van der Waals surface area contributed by atoms with E-state index in [0.29, 0.717) is 11.4 Å². The van der Waals surface area contributed by atoms with E-state index in [-0.39, 0.29) is 5.69 Å². The highest BCUT2D eigenvalue weighted by Crippen LogP contribution is 2.26. The van der Waals surface area contributed by atoms with Crippen molar-refractivity contribution >= 4 is 5.69 Å². The van der Waals surface area contributed by atoms with Crippen LogP contribution in [0.5, 0.6) is 5.75 Å². The number of hydrogen-bond donors (Lipinski definition) is 0. The van der Waals surface area contributed by atoms with Crippen LogP contribution in [-0.2, 0) is 0 Å². The molecule has 0 aliphatic carbocycles.